The van der Waals surface area contributed by atoms with E-state index in [-0.39, 0.29) is 18.2 Å². The molecule has 2 amide bonds. The summed E-state index contributed by atoms with van der Waals surface area (Å²) in [5, 5.41) is 5.48. The van der Waals surface area contributed by atoms with Crippen LogP contribution in [0.2, 0.25) is 0 Å². The van der Waals surface area contributed by atoms with Crippen molar-refractivity contribution in [2.75, 3.05) is 18.8 Å². The van der Waals surface area contributed by atoms with Crippen LogP contribution in [0.15, 0.2) is 12.1 Å². The van der Waals surface area contributed by atoms with Crippen LogP contribution in [0.4, 0.5) is 5.82 Å². The molecule has 1 aromatic heterocycles. The summed E-state index contributed by atoms with van der Waals surface area (Å²) in [7, 11) is 0. The summed E-state index contributed by atoms with van der Waals surface area (Å²) in [6, 6.07) is 3.17. The summed E-state index contributed by atoms with van der Waals surface area (Å²) in [6.45, 7) is 6.76. The van der Waals surface area contributed by atoms with Crippen LogP contribution < -0.4 is 16.4 Å². The Kier molecular flexibility index (Phi) is 5.96. The Morgan fingerprint density at radius 2 is 2.00 bits per heavy atom. The van der Waals surface area contributed by atoms with E-state index in [9.17, 15) is 9.59 Å². The molecule has 0 aliphatic carbocycles. The highest BCUT2D eigenvalue weighted by Gasteiger charge is 2.08. The predicted octanol–water partition coefficient (Wildman–Crippen LogP) is 0.864. The van der Waals surface area contributed by atoms with Crippen LogP contribution >= 0.6 is 0 Å². The zero-order valence-corrected chi connectivity index (χ0v) is 12.2. The highest BCUT2D eigenvalue weighted by molar-refractivity contribution is 5.95. The maximum atomic E-state index is 11.9. The SMILES string of the molecule is Cc1cc(C(=O)NCCC(=O)NCC(C)C)cc(N)n1. The maximum Gasteiger partial charge on any atom is 0.251 e. The number of amides is 2. The van der Waals surface area contributed by atoms with E-state index in [1.165, 1.54) is 6.07 Å². The summed E-state index contributed by atoms with van der Waals surface area (Å²) in [4.78, 5) is 27.4. The van der Waals surface area contributed by atoms with E-state index < -0.39 is 0 Å². The van der Waals surface area contributed by atoms with Crippen LogP contribution in [-0.4, -0.2) is 29.9 Å². The molecule has 0 saturated heterocycles. The number of hydrogen-bond donors (Lipinski definition) is 3. The van der Waals surface area contributed by atoms with Crippen molar-refractivity contribution in [2.45, 2.75) is 27.2 Å². The van der Waals surface area contributed by atoms with Crippen LogP contribution in [0.25, 0.3) is 0 Å². The molecule has 0 aromatic carbocycles. The van der Waals surface area contributed by atoms with Crippen LogP contribution in [0, 0.1) is 12.8 Å². The van der Waals surface area contributed by atoms with Gasteiger partial charge >= 0.3 is 0 Å². The third kappa shape index (κ3) is 5.69. The van der Waals surface area contributed by atoms with Gasteiger partial charge in [0.1, 0.15) is 5.82 Å². The van der Waals surface area contributed by atoms with Gasteiger partial charge in [0.15, 0.2) is 0 Å². The van der Waals surface area contributed by atoms with Crippen LogP contribution in [0.3, 0.4) is 0 Å². The van der Waals surface area contributed by atoms with E-state index in [0.29, 0.717) is 36.1 Å². The first kappa shape index (κ1) is 15.9. The number of nitrogens with two attached hydrogens (primary N) is 1. The van der Waals surface area contributed by atoms with Gasteiger partial charge in [0, 0.05) is 30.8 Å². The second kappa shape index (κ2) is 7.47. The van der Waals surface area contributed by atoms with Crippen molar-refractivity contribution in [1.29, 1.82) is 0 Å². The molecule has 6 nitrogen and oxygen atoms in total. The van der Waals surface area contributed by atoms with Gasteiger partial charge in [-0.15, -0.1) is 0 Å². The molecule has 0 fully saturated rings. The molecule has 4 N–H and O–H groups in total. The monoisotopic (exact) mass is 278 g/mol. The summed E-state index contributed by atoms with van der Waals surface area (Å²) in [5.41, 5.74) is 6.73. The third-order valence-electron chi connectivity index (χ3n) is 2.58. The van der Waals surface area contributed by atoms with Crippen molar-refractivity contribution in [3.8, 4) is 0 Å². The Morgan fingerprint density at radius 1 is 1.30 bits per heavy atom. The fourth-order valence-corrected chi connectivity index (χ4v) is 1.62. The predicted molar refractivity (Wildman–Crippen MR) is 78.2 cm³/mol. The van der Waals surface area contributed by atoms with Crippen LogP contribution in [0.5, 0.6) is 0 Å². The molecule has 0 aliphatic heterocycles. The van der Waals surface area contributed by atoms with Crippen molar-refractivity contribution < 1.29 is 9.59 Å². The third-order valence-corrected chi connectivity index (χ3v) is 2.58. The topological polar surface area (TPSA) is 97.1 Å². The minimum Gasteiger partial charge on any atom is -0.384 e. The molecule has 0 bridgehead atoms. The maximum absolute atomic E-state index is 11.9. The molecule has 0 saturated carbocycles. The average Bonchev–Trinajstić information content (AvgIpc) is 2.35. The number of nitrogens with zero attached hydrogens (tertiary/aromatic N) is 1. The van der Waals surface area contributed by atoms with Gasteiger partial charge in [0.2, 0.25) is 5.91 Å². The number of aryl methyl sites for hydroxylation is 1. The van der Waals surface area contributed by atoms with Gasteiger partial charge in [0.05, 0.1) is 0 Å². The van der Waals surface area contributed by atoms with Crippen molar-refractivity contribution >= 4 is 17.6 Å². The van der Waals surface area contributed by atoms with Crippen LogP contribution in [-0.2, 0) is 4.79 Å². The zero-order valence-electron chi connectivity index (χ0n) is 12.2. The van der Waals surface area contributed by atoms with E-state index >= 15 is 0 Å². The Balaban J connectivity index is 2.38. The Labute approximate surface area is 119 Å². The second-order valence-corrected chi connectivity index (χ2v) is 5.13. The van der Waals surface area contributed by atoms with Crippen LogP contribution in [0.1, 0.15) is 36.3 Å². The number of nitrogen functional groups attached to an aromatic ring is 1. The molecule has 110 valence electrons. The lowest BCUT2D eigenvalue weighted by Crippen LogP contribution is -2.32. The molecule has 0 unspecified atom stereocenters. The molecular formula is C14H22N4O2. The first-order valence-electron chi connectivity index (χ1n) is 6.67. The smallest absolute Gasteiger partial charge is 0.251 e. The molecule has 0 atom stereocenters. The number of nitrogens with one attached hydrogen (secondary N) is 2. The average molecular weight is 278 g/mol. The fourth-order valence-electron chi connectivity index (χ4n) is 1.62. The van der Waals surface area contributed by atoms with Crippen molar-refractivity contribution in [1.82, 2.24) is 15.6 Å². The Hall–Kier alpha value is -2.11. The summed E-state index contributed by atoms with van der Waals surface area (Å²) in [6.07, 6.45) is 0.262. The molecule has 1 rings (SSSR count). The number of pyridine rings is 1. The van der Waals surface area contributed by atoms with Crippen molar-refractivity contribution in [2.24, 2.45) is 5.92 Å². The van der Waals surface area contributed by atoms with E-state index in [0.717, 1.165) is 0 Å². The highest BCUT2D eigenvalue weighted by atomic mass is 16.2. The fraction of sp³-hybridized carbons (Fsp3) is 0.500. The zero-order chi connectivity index (χ0) is 15.1. The van der Waals surface area contributed by atoms with E-state index in [1.54, 1.807) is 13.0 Å². The molecule has 20 heavy (non-hydrogen) atoms. The van der Waals surface area contributed by atoms with E-state index in [1.807, 2.05) is 13.8 Å². The summed E-state index contributed by atoms with van der Waals surface area (Å²) in [5.74, 6) is 0.407. The van der Waals surface area contributed by atoms with Gasteiger partial charge < -0.3 is 16.4 Å². The second-order valence-electron chi connectivity index (χ2n) is 5.13. The van der Waals surface area contributed by atoms with Crippen molar-refractivity contribution in [3.63, 3.8) is 0 Å². The highest BCUT2D eigenvalue weighted by Crippen LogP contribution is 2.06. The number of rotatable bonds is 6. The normalized spacial score (nSPS) is 10.4. The minimum atomic E-state index is -0.251. The standard InChI is InChI=1S/C14H22N4O2/c1-9(2)8-17-13(19)4-5-16-14(20)11-6-10(3)18-12(15)7-11/h6-7,9H,4-5,8H2,1-3H3,(H2,15,18)(H,16,20)(H,17,19). The number of anilines is 1. The van der Waals surface area contributed by atoms with E-state index in [2.05, 4.69) is 15.6 Å². The molecule has 0 aliphatic rings. The number of carbonyl (C=O) groups is 2. The molecule has 1 aromatic rings. The van der Waals surface area contributed by atoms with E-state index in [4.69, 9.17) is 5.73 Å². The first-order valence-corrected chi connectivity index (χ1v) is 6.67. The summed E-state index contributed by atoms with van der Waals surface area (Å²) < 4.78 is 0. The first-order chi connectivity index (χ1) is 9.38. The lowest BCUT2D eigenvalue weighted by atomic mass is 10.2. The Bertz CT molecular complexity index is 466. The number of hydrogen-bond acceptors (Lipinski definition) is 4. The molecule has 6 heteroatoms. The lowest BCUT2D eigenvalue weighted by molar-refractivity contribution is -0.121. The molecule has 1 heterocycles. The minimum absolute atomic E-state index is 0.0653. The molecule has 0 radical (unpaired) electrons. The lowest BCUT2D eigenvalue weighted by Gasteiger charge is -2.09. The van der Waals surface area contributed by atoms with Gasteiger partial charge in [0.25, 0.3) is 5.91 Å². The van der Waals surface area contributed by atoms with Gasteiger partial charge in [-0.05, 0) is 25.0 Å². The van der Waals surface area contributed by atoms with Gasteiger partial charge in [-0.2, -0.15) is 0 Å². The Morgan fingerprint density at radius 3 is 2.60 bits per heavy atom. The quantitative estimate of drug-likeness (QED) is 0.719. The molecular weight excluding hydrogens is 256 g/mol. The summed E-state index contributed by atoms with van der Waals surface area (Å²) >= 11 is 0. The number of aromatic nitrogens is 1. The largest absolute Gasteiger partial charge is 0.384 e. The number of carbonyl (C=O) groups excluding carboxylic acids is 2. The molecule has 0 spiro atoms. The van der Waals surface area contributed by atoms with Gasteiger partial charge in [-0.25, -0.2) is 4.98 Å². The van der Waals surface area contributed by atoms with Gasteiger partial charge in [-0.3, -0.25) is 9.59 Å². The van der Waals surface area contributed by atoms with Gasteiger partial charge in [-0.1, -0.05) is 13.8 Å². The van der Waals surface area contributed by atoms with Crippen molar-refractivity contribution in [3.05, 3.63) is 23.4 Å².